The highest BCUT2D eigenvalue weighted by molar-refractivity contribution is 7.99. The molecule has 0 spiro atoms. The van der Waals surface area contributed by atoms with E-state index in [-0.39, 0.29) is 23.8 Å². The molecule has 2 amide bonds. The molecule has 0 aromatic rings. The molecule has 0 aromatic heterocycles. The monoisotopic (exact) mass is 375 g/mol. The highest BCUT2D eigenvalue weighted by atomic mass is 32.2. The molecular weight excluding hydrogens is 350 g/mol. The number of amides is 2. The summed E-state index contributed by atoms with van der Waals surface area (Å²) in [6.45, 7) is 3.81. The summed E-state index contributed by atoms with van der Waals surface area (Å²) in [6.07, 6.45) is -0.296. The first-order chi connectivity index (χ1) is 11.7. The van der Waals surface area contributed by atoms with Gasteiger partial charge in [0.2, 0.25) is 11.8 Å². The average Bonchev–Trinajstić information content (AvgIpc) is 2.52. The number of nitrogens with one attached hydrogen (secondary N) is 1. The summed E-state index contributed by atoms with van der Waals surface area (Å²) >= 11 is 1.16. The van der Waals surface area contributed by atoms with Crippen LogP contribution in [0.2, 0.25) is 0 Å². The number of piperazine rings is 1. The summed E-state index contributed by atoms with van der Waals surface area (Å²) in [4.78, 5) is 49.5. The van der Waals surface area contributed by atoms with Gasteiger partial charge in [0.1, 0.15) is 6.04 Å². The van der Waals surface area contributed by atoms with E-state index in [9.17, 15) is 19.2 Å². The molecule has 0 radical (unpaired) electrons. The molecule has 0 saturated carbocycles. The van der Waals surface area contributed by atoms with Crippen LogP contribution in [0.25, 0.3) is 0 Å². The third-order valence-corrected chi connectivity index (χ3v) is 5.07. The molecule has 25 heavy (non-hydrogen) atoms. The van der Waals surface area contributed by atoms with Gasteiger partial charge in [0.05, 0.1) is 12.3 Å². The maximum absolute atomic E-state index is 12.6. The van der Waals surface area contributed by atoms with Crippen LogP contribution in [0.5, 0.6) is 0 Å². The van der Waals surface area contributed by atoms with Crippen LogP contribution in [0.15, 0.2) is 0 Å². The molecule has 10 heteroatoms. The molecule has 2 atom stereocenters. The molecule has 0 bridgehead atoms. The Labute approximate surface area is 150 Å². The van der Waals surface area contributed by atoms with E-state index in [1.807, 2.05) is 7.05 Å². The first kappa shape index (κ1) is 21.2. The number of rotatable bonds is 9. The van der Waals surface area contributed by atoms with Gasteiger partial charge in [-0.2, -0.15) is 11.8 Å². The normalized spacial score (nSPS) is 17.6. The van der Waals surface area contributed by atoms with E-state index >= 15 is 0 Å². The number of hydrogen-bond donors (Lipinski definition) is 3. The zero-order valence-corrected chi connectivity index (χ0v) is 15.3. The first-order valence-electron chi connectivity index (χ1n) is 7.97. The highest BCUT2D eigenvalue weighted by Crippen LogP contribution is 2.18. The van der Waals surface area contributed by atoms with Crippen molar-refractivity contribution in [2.45, 2.75) is 19.4 Å². The number of carbonyl (C=O) groups is 4. The van der Waals surface area contributed by atoms with Gasteiger partial charge in [0, 0.05) is 44.6 Å². The Bertz CT molecular complexity index is 507. The Hall–Kier alpha value is -1.81. The summed E-state index contributed by atoms with van der Waals surface area (Å²) in [7, 11) is 1.96. The Morgan fingerprint density at radius 1 is 1.08 bits per heavy atom. The van der Waals surface area contributed by atoms with Crippen LogP contribution in [0.4, 0.5) is 0 Å². The van der Waals surface area contributed by atoms with Crippen molar-refractivity contribution in [1.82, 2.24) is 15.1 Å². The summed E-state index contributed by atoms with van der Waals surface area (Å²) in [5, 5.41) is 20.4. The van der Waals surface area contributed by atoms with Crippen molar-refractivity contribution in [3.8, 4) is 0 Å². The van der Waals surface area contributed by atoms with Crippen LogP contribution in [-0.4, -0.2) is 94.5 Å². The second kappa shape index (κ2) is 10.2. The SMILES string of the molecule is CC(=O)N[C@@H](CSCC(CC(=O)O)C(=O)N1CCN(C)CC1)C(=O)O. The van der Waals surface area contributed by atoms with Gasteiger partial charge in [-0.25, -0.2) is 4.79 Å². The Balaban J connectivity index is 2.60. The smallest absolute Gasteiger partial charge is 0.327 e. The standard InChI is InChI=1S/C15H25N3O6S/c1-10(19)16-12(15(23)24)9-25-8-11(7-13(20)21)14(22)18-5-3-17(2)4-6-18/h11-12H,3-9H2,1-2H3,(H,16,19)(H,20,21)(H,23,24)/t11?,12-/m0/s1. The molecule has 1 aliphatic heterocycles. The van der Waals surface area contributed by atoms with Crippen LogP contribution < -0.4 is 5.32 Å². The number of carboxylic acid groups (broad SMARTS) is 2. The number of likely N-dealkylation sites (N-methyl/N-ethyl adjacent to an activating group) is 1. The fourth-order valence-corrected chi connectivity index (χ4v) is 3.60. The van der Waals surface area contributed by atoms with E-state index < -0.39 is 29.8 Å². The van der Waals surface area contributed by atoms with Gasteiger partial charge in [-0.15, -0.1) is 0 Å². The maximum atomic E-state index is 12.6. The quantitative estimate of drug-likeness (QED) is 0.477. The number of carboxylic acids is 2. The van der Waals surface area contributed by atoms with Gasteiger partial charge in [-0.3, -0.25) is 14.4 Å². The van der Waals surface area contributed by atoms with Crippen molar-refractivity contribution in [3.63, 3.8) is 0 Å². The van der Waals surface area contributed by atoms with Crippen molar-refractivity contribution in [2.75, 3.05) is 44.7 Å². The third-order valence-electron chi connectivity index (χ3n) is 3.86. The van der Waals surface area contributed by atoms with Crippen LogP contribution in [0, 0.1) is 5.92 Å². The lowest BCUT2D eigenvalue weighted by molar-refractivity contribution is -0.144. The van der Waals surface area contributed by atoms with Crippen molar-refractivity contribution in [2.24, 2.45) is 5.92 Å². The van der Waals surface area contributed by atoms with Crippen LogP contribution in [-0.2, 0) is 19.2 Å². The molecule has 1 aliphatic rings. The minimum absolute atomic E-state index is 0.0705. The first-order valence-corrected chi connectivity index (χ1v) is 9.13. The number of carbonyl (C=O) groups excluding carboxylic acids is 2. The van der Waals surface area contributed by atoms with E-state index in [0.717, 1.165) is 24.9 Å². The van der Waals surface area contributed by atoms with E-state index in [4.69, 9.17) is 10.2 Å². The molecule has 0 aliphatic carbocycles. The topological polar surface area (TPSA) is 127 Å². The van der Waals surface area contributed by atoms with Crippen molar-refractivity contribution in [1.29, 1.82) is 0 Å². The highest BCUT2D eigenvalue weighted by Gasteiger charge is 2.29. The zero-order valence-electron chi connectivity index (χ0n) is 14.4. The number of hydrogen-bond acceptors (Lipinski definition) is 6. The Morgan fingerprint density at radius 2 is 1.68 bits per heavy atom. The summed E-state index contributed by atoms with van der Waals surface area (Å²) in [6, 6.07) is -1.06. The summed E-state index contributed by atoms with van der Waals surface area (Å²) in [5.74, 6) is -3.34. The molecule has 3 N–H and O–H groups in total. The van der Waals surface area contributed by atoms with Gasteiger partial charge < -0.3 is 25.3 Å². The number of thioether (sulfide) groups is 1. The minimum Gasteiger partial charge on any atom is -0.481 e. The maximum Gasteiger partial charge on any atom is 0.327 e. The second-order valence-corrected chi connectivity index (χ2v) is 7.13. The summed E-state index contributed by atoms with van der Waals surface area (Å²) in [5.41, 5.74) is 0. The minimum atomic E-state index is -1.16. The Kier molecular flexibility index (Phi) is 8.70. The Morgan fingerprint density at radius 3 is 2.16 bits per heavy atom. The van der Waals surface area contributed by atoms with Crippen LogP contribution in [0.1, 0.15) is 13.3 Å². The zero-order chi connectivity index (χ0) is 19.0. The van der Waals surface area contributed by atoms with E-state index in [0.29, 0.717) is 13.1 Å². The largest absolute Gasteiger partial charge is 0.481 e. The van der Waals surface area contributed by atoms with Crippen molar-refractivity contribution >= 4 is 35.5 Å². The molecule has 9 nitrogen and oxygen atoms in total. The van der Waals surface area contributed by atoms with Crippen LogP contribution in [0.3, 0.4) is 0 Å². The van der Waals surface area contributed by atoms with Crippen molar-refractivity contribution < 1.29 is 29.4 Å². The molecule has 1 fully saturated rings. The molecule has 1 heterocycles. The lowest BCUT2D eigenvalue weighted by Gasteiger charge is -2.34. The van der Waals surface area contributed by atoms with E-state index in [1.54, 1.807) is 4.90 Å². The molecular formula is C15H25N3O6S. The van der Waals surface area contributed by atoms with Crippen LogP contribution >= 0.6 is 11.8 Å². The predicted octanol–water partition coefficient (Wildman–Crippen LogP) is -0.826. The van der Waals surface area contributed by atoms with Gasteiger partial charge in [-0.1, -0.05) is 0 Å². The van der Waals surface area contributed by atoms with Gasteiger partial charge in [0.15, 0.2) is 0 Å². The molecule has 1 rings (SSSR count). The van der Waals surface area contributed by atoms with Gasteiger partial charge >= 0.3 is 11.9 Å². The summed E-state index contributed by atoms with van der Waals surface area (Å²) < 4.78 is 0. The van der Waals surface area contributed by atoms with E-state index in [1.165, 1.54) is 6.92 Å². The fourth-order valence-electron chi connectivity index (χ4n) is 2.46. The van der Waals surface area contributed by atoms with Gasteiger partial charge in [0.25, 0.3) is 0 Å². The third kappa shape index (κ3) is 7.74. The van der Waals surface area contributed by atoms with Crippen molar-refractivity contribution in [3.05, 3.63) is 0 Å². The fraction of sp³-hybridized carbons (Fsp3) is 0.733. The molecule has 1 saturated heterocycles. The number of nitrogens with zero attached hydrogens (tertiary/aromatic N) is 2. The molecule has 142 valence electrons. The van der Waals surface area contributed by atoms with Gasteiger partial charge in [-0.05, 0) is 7.05 Å². The predicted molar refractivity (Wildman–Crippen MR) is 92.4 cm³/mol. The second-order valence-electron chi connectivity index (χ2n) is 6.05. The van der Waals surface area contributed by atoms with E-state index in [2.05, 4.69) is 10.2 Å². The lowest BCUT2D eigenvalue weighted by Crippen LogP contribution is -2.49. The number of aliphatic carboxylic acids is 2. The average molecular weight is 375 g/mol. The molecule has 0 aromatic carbocycles. The molecule has 1 unspecified atom stereocenters. The lowest BCUT2D eigenvalue weighted by atomic mass is 10.1.